The van der Waals surface area contributed by atoms with Crippen molar-refractivity contribution in [2.45, 2.75) is 39.5 Å². The van der Waals surface area contributed by atoms with Crippen LogP contribution in [-0.4, -0.2) is 13.6 Å². The van der Waals surface area contributed by atoms with Crippen molar-refractivity contribution in [3.8, 4) is 11.3 Å². The predicted octanol–water partition coefficient (Wildman–Crippen LogP) is 4.89. The lowest BCUT2D eigenvalue weighted by molar-refractivity contribution is 0.426. The Balaban J connectivity index is 2.15. The largest absolute Gasteiger partial charge is 0.356 e. The molecule has 0 saturated heterocycles. The molecular formula is C18H19FN2O3S2. The van der Waals surface area contributed by atoms with Gasteiger partial charge in [0.1, 0.15) is 10.7 Å². The third-order valence-corrected chi connectivity index (χ3v) is 6.98. The summed E-state index contributed by atoms with van der Waals surface area (Å²) in [5, 5.41) is 3.95. The summed E-state index contributed by atoms with van der Waals surface area (Å²) in [6.45, 7) is 8.92. The molecular weight excluding hydrogens is 375 g/mol. The molecule has 3 aromatic rings. The second-order valence-electron chi connectivity index (χ2n) is 6.21. The van der Waals surface area contributed by atoms with Crippen LogP contribution in [0.1, 0.15) is 26.6 Å². The van der Waals surface area contributed by atoms with E-state index >= 15 is 0 Å². The number of rotatable bonds is 4. The van der Waals surface area contributed by atoms with E-state index < -0.39 is 15.8 Å². The van der Waals surface area contributed by atoms with Crippen LogP contribution in [0.4, 0.5) is 10.1 Å². The summed E-state index contributed by atoms with van der Waals surface area (Å²) >= 11 is 1.39. The monoisotopic (exact) mass is 394 g/mol. The molecule has 0 aliphatic heterocycles. The van der Waals surface area contributed by atoms with Crippen molar-refractivity contribution in [2.75, 3.05) is 4.72 Å². The maximum absolute atomic E-state index is 13.3. The molecule has 0 saturated carbocycles. The third kappa shape index (κ3) is 3.14. The van der Waals surface area contributed by atoms with Crippen LogP contribution in [0.3, 0.4) is 0 Å². The van der Waals surface area contributed by atoms with Crippen LogP contribution in [0.25, 0.3) is 11.3 Å². The minimum Gasteiger partial charge on any atom is -0.356 e. The summed E-state index contributed by atoms with van der Waals surface area (Å²) in [7, 11) is -3.89. The number of nitrogens with zero attached hydrogens (tertiary/aromatic N) is 1. The van der Waals surface area contributed by atoms with Gasteiger partial charge in [-0.25, -0.2) is 12.8 Å². The van der Waals surface area contributed by atoms with Gasteiger partial charge in [0, 0.05) is 15.3 Å². The normalized spacial score (nSPS) is 11.8. The Morgan fingerprint density at radius 1 is 1.12 bits per heavy atom. The topological polar surface area (TPSA) is 72.2 Å². The maximum Gasteiger partial charge on any atom is 0.263 e. The lowest BCUT2D eigenvalue weighted by Crippen LogP contribution is -2.15. The molecule has 0 spiro atoms. The number of benzene rings is 1. The molecule has 8 heteroatoms. The second-order valence-corrected chi connectivity index (χ2v) is 9.25. The van der Waals surface area contributed by atoms with Gasteiger partial charge in [-0.15, -0.1) is 11.3 Å². The van der Waals surface area contributed by atoms with Crippen LogP contribution in [-0.2, 0) is 10.0 Å². The van der Waals surface area contributed by atoms with Gasteiger partial charge in [-0.2, -0.15) is 0 Å². The minimum absolute atomic E-state index is 0.169. The number of aryl methyl sites for hydroxylation is 4. The maximum atomic E-state index is 13.3. The van der Waals surface area contributed by atoms with E-state index in [-0.39, 0.29) is 4.90 Å². The van der Waals surface area contributed by atoms with Crippen LogP contribution in [0.15, 0.2) is 27.6 Å². The number of thiophene rings is 1. The van der Waals surface area contributed by atoms with Gasteiger partial charge in [0.15, 0.2) is 5.76 Å². The average Bonchev–Trinajstić information content (AvgIpc) is 3.02. The highest BCUT2D eigenvalue weighted by molar-refractivity contribution is 7.93. The van der Waals surface area contributed by atoms with Gasteiger partial charge in [-0.1, -0.05) is 5.16 Å². The van der Waals surface area contributed by atoms with Gasteiger partial charge in [-0.05, 0) is 58.4 Å². The number of halogens is 1. The molecule has 0 amide bonds. The van der Waals surface area contributed by atoms with Crippen LogP contribution in [0, 0.1) is 40.4 Å². The number of nitrogens with one attached hydrogen (secondary N) is 1. The second kappa shape index (κ2) is 6.51. The molecule has 0 radical (unpaired) electrons. The Kier molecular flexibility index (Phi) is 4.66. The number of aromatic nitrogens is 1. The third-order valence-electron chi connectivity index (χ3n) is 4.29. The molecule has 5 nitrogen and oxygen atoms in total. The fraction of sp³-hybridized carbons (Fsp3) is 0.278. The zero-order chi connectivity index (χ0) is 19.2. The molecule has 0 aliphatic rings. The first-order valence-electron chi connectivity index (χ1n) is 7.94. The van der Waals surface area contributed by atoms with Crippen molar-refractivity contribution in [2.24, 2.45) is 0 Å². The molecule has 2 heterocycles. The quantitative estimate of drug-likeness (QED) is 0.684. The first-order chi connectivity index (χ1) is 12.1. The van der Waals surface area contributed by atoms with Gasteiger partial charge in [-0.3, -0.25) is 4.72 Å². The molecule has 0 fully saturated rings. The van der Waals surface area contributed by atoms with E-state index in [9.17, 15) is 12.8 Å². The Morgan fingerprint density at radius 3 is 2.38 bits per heavy atom. The molecule has 0 aliphatic carbocycles. The number of anilines is 1. The van der Waals surface area contributed by atoms with Crippen molar-refractivity contribution in [1.82, 2.24) is 5.16 Å². The van der Waals surface area contributed by atoms with E-state index in [1.165, 1.54) is 29.5 Å². The molecule has 0 unspecified atom stereocenters. The smallest absolute Gasteiger partial charge is 0.263 e. The summed E-state index contributed by atoms with van der Waals surface area (Å²) in [4.78, 5) is 1.65. The number of hydrogen-bond acceptors (Lipinski definition) is 5. The van der Waals surface area contributed by atoms with E-state index in [4.69, 9.17) is 4.52 Å². The predicted molar refractivity (Wildman–Crippen MR) is 101 cm³/mol. The van der Waals surface area contributed by atoms with E-state index in [2.05, 4.69) is 9.88 Å². The number of sulfonamides is 1. The summed E-state index contributed by atoms with van der Waals surface area (Å²) in [5.74, 6) is 0.0435. The summed E-state index contributed by atoms with van der Waals surface area (Å²) in [5.41, 5.74) is 2.89. The van der Waals surface area contributed by atoms with Crippen molar-refractivity contribution in [3.63, 3.8) is 0 Å². The van der Waals surface area contributed by atoms with Crippen molar-refractivity contribution >= 4 is 27.0 Å². The van der Waals surface area contributed by atoms with Crippen LogP contribution < -0.4 is 4.72 Å². The minimum atomic E-state index is -3.89. The molecule has 3 rings (SSSR count). The zero-order valence-corrected chi connectivity index (χ0v) is 16.7. The Bertz CT molecular complexity index is 1100. The van der Waals surface area contributed by atoms with Gasteiger partial charge in [0.2, 0.25) is 0 Å². The van der Waals surface area contributed by atoms with Crippen LogP contribution in [0.2, 0.25) is 0 Å². The van der Waals surface area contributed by atoms with E-state index in [0.717, 1.165) is 10.4 Å². The van der Waals surface area contributed by atoms with Gasteiger partial charge < -0.3 is 4.52 Å². The first kappa shape index (κ1) is 18.6. The molecule has 0 bridgehead atoms. The average molecular weight is 394 g/mol. The molecule has 1 N–H and O–H groups in total. The fourth-order valence-electron chi connectivity index (χ4n) is 2.84. The Morgan fingerprint density at radius 2 is 1.81 bits per heavy atom. The van der Waals surface area contributed by atoms with Crippen molar-refractivity contribution in [3.05, 3.63) is 50.6 Å². The standard InChI is InChI=1S/C18H19FN2O3S2/c1-9-8-14(19)6-7-15(9)21-26(22,23)18-13(5)25-12(4)16(18)17-10(2)11(3)20-24-17/h6-8,21H,1-5H3. The molecule has 0 atom stereocenters. The lowest BCUT2D eigenvalue weighted by Gasteiger charge is -2.12. The Labute approximate surface area is 155 Å². The van der Waals surface area contributed by atoms with E-state index in [1.54, 1.807) is 13.8 Å². The van der Waals surface area contributed by atoms with Crippen LogP contribution >= 0.6 is 11.3 Å². The molecule has 138 valence electrons. The fourth-order valence-corrected chi connectivity index (χ4v) is 5.82. The van der Waals surface area contributed by atoms with Gasteiger partial charge in [0.25, 0.3) is 10.0 Å². The highest BCUT2D eigenvalue weighted by Gasteiger charge is 2.30. The molecule has 26 heavy (non-hydrogen) atoms. The molecule has 1 aromatic carbocycles. The number of hydrogen-bond donors (Lipinski definition) is 1. The first-order valence-corrected chi connectivity index (χ1v) is 10.2. The summed E-state index contributed by atoms with van der Waals surface area (Å²) in [6, 6.07) is 3.93. The summed E-state index contributed by atoms with van der Waals surface area (Å²) < 4.78 is 47.5. The highest BCUT2D eigenvalue weighted by Crippen LogP contribution is 2.41. The lowest BCUT2D eigenvalue weighted by atomic mass is 10.1. The SMILES string of the molecule is Cc1cc(F)ccc1NS(=O)(=O)c1c(C)sc(C)c1-c1onc(C)c1C. The van der Waals surface area contributed by atoms with E-state index in [1.807, 2.05) is 20.8 Å². The highest BCUT2D eigenvalue weighted by atomic mass is 32.2. The van der Waals surface area contributed by atoms with Crippen LogP contribution in [0.5, 0.6) is 0 Å². The molecule has 2 aromatic heterocycles. The Hall–Kier alpha value is -2.19. The summed E-state index contributed by atoms with van der Waals surface area (Å²) in [6.07, 6.45) is 0. The van der Waals surface area contributed by atoms with Crippen molar-refractivity contribution in [1.29, 1.82) is 0 Å². The van der Waals surface area contributed by atoms with Crippen molar-refractivity contribution < 1.29 is 17.3 Å². The van der Waals surface area contributed by atoms with Gasteiger partial charge >= 0.3 is 0 Å². The van der Waals surface area contributed by atoms with Gasteiger partial charge in [0.05, 0.1) is 16.9 Å². The van der Waals surface area contributed by atoms with E-state index in [0.29, 0.717) is 33.1 Å². The zero-order valence-electron chi connectivity index (χ0n) is 15.1.